The minimum atomic E-state index is -2.62. The molecule has 31 heavy (non-hydrogen) atoms. The van der Waals surface area contributed by atoms with Crippen molar-refractivity contribution < 1.29 is 29.4 Å². The zero-order valence-corrected chi connectivity index (χ0v) is 17.4. The number of carbonyl (C=O) groups excluding carboxylic acids is 1. The van der Waals surface area contributed by atoms with Gasteiger partial charge in [0.15, 0.2) is 18.1 Å². The highest BCUT2D eigenvalue weighted by Crippen LogP contribution is 2.46. The van der Waals surface area contributed by atoms with Gasteiger partial charge in [-0.25, -0.2) is 14.4 Å². The normalized spacial score (nSPS) is 33.1. The molecule has 11 heteroatoms. The molecule has 168 valence electrons. The number of nitrogens with two attached hydrogens (primary N) is 2. The van der Waals surface area contributed by atoms with E-state index < -0.39 is 41.6 Å². The first kappa shape index (κ1) is 21.3. The van der Waals surface area contributed by atoms with Crippen LogP contribution in [-0.4, -0.2) is 80.1 Å². The molecule has 3 aliphatic heterocycles. The average molecular weight is 433 g/mol. The summed E-state index contributed by atoms with van der Waals surface area (Å²) in [6.45, 7) is 3.45. The van der Waals surface area contributed by atoms with Crippen molar-refractivity contribution >= 4 is 17.9 Å². The lowest BCUT2D eigenvalue weighted by Gasteiger charge is -2.43. The van der Waals surface area contributed by atoms with Gasteiger partial charge in [-0.1, -0.05) is 31.0 Å². The standard InChI is InChI=1S/C20H28N6O5/c1-3-4-13-15(31-16(28)11-7-5-10(2)6-8-11)20(29,30)19-14(24-17(21)25-19)12(9-27)23-18(22)26(13)19/h5-8,12-15,27,29-30H,3-4,9H2,1-2H3,(H5,21,22,23,24,25)/p+1/t12-,13-,14-,15-,19-/m0/s1. The second kappa shape index (κ2) is 7.36. The number of benzene rings is 1. The topological polar surface area (TPSA) is 178 Å². The molecule has 0 saturated carbocycles. The maximum absolute atomic E-state index is 12.9. The summed E-state index contributed by atoms with van der Waals surface area (Å²) >= 11 is 0. The van der Waals surface area contributed by atoms with Crippen LogP contribution in [0.4, 0.5) is 0 Å². The van der Waals surface area contributed by atoms with E-state index in [9.17, 15) is 20.1 Å². The molecule has 9 N–H and O–H groups in total. The molecule has 4 rings (SSSR count). The van der Waals surface area contributed by atoms with Gasteiger partial charge < -0.3 is 31.1 Å². The summed E-state index contributed by atoms with van der Waals surface area (Å²) < 4.78 is 7.24. The Morgan fingerprint density at radius 2 is 1.97 bits per heavy atom. The van der Waals surface area contributed by atoms with Gasteiger partial charge in [-0.05, 0) is 25.5 Å². The van der Waals surface area contributed by atoms with E-state index in [2.05, 4.69) is 15.6 Å². The molecule has 1 aromatic carbocycles. The molecule has 0 unspecified atom stereocenters. The summed E-state index contributed by atoms with van der Waals surface area (Å²) in [5.74, 6) is -3.24. The predicted octanol–water partition coefficient (Wildman–Crippen LogP) is -2.34. The molecule has 0 aromatic heterocycles. The Morgan fingerprint density at radius 1 is 1.29 bits per heavy atom. The van der Waals surface area contributed by atoms with Gasteiger partial charge in [0.25, 0.3) is 5.79 Å². The lowest BCUT2D eigenvalue weighted by atomic mass is 9.86. The summed E-state index contributed by atoms with van der Waals surface area (Å²) in [7, 11) is 0. The number of nitrogens with one attached hydrogen (secondary N) is 2. The Hall–Kier alpha value is -2.89. The second-order valence-electron chi connectivity index (χ2n) is 8.31. The minimum absolute atomic E-state index is 0.0295. The van der Waals surface area contributed by atoms with Crippen LogP contribution in [-0.2, 0) is 4.74 Å². The van der Waals surface area contributed by atoms with Crippen molar-refractivity contribution in [2.24, 2.45) is 16.5 Å². The largest absolute Gasteiger partial charge is 0.449 e. The molecule has 5 atom stereocenters. The third kappa shape index (κ3) is 2.95. The summed E-state index contributed by atoms with van der Waals surface area (Å²) in [5, 5.41) is 38.6. The highest BCUT2D eigenvalue weighted by atomic mass is 16.6. The Kier molecular flexibility index (Phi) is 5.07. The molecular formula is C20H29N6O5+. The van der Waals surface area contributed by atoms with Crippen molar-refractivity contribution in [2.75, 3.05) is 6.61 Å². The van der Waals surface area contributed by atoms with E-state index in [4.69, 9.17) is 16.2 Å². The Balaban J connectivity index is 1.79. The van der Waals surface area contributed by atoms with Crippen molar-refractivity contribution in [3.8, 4) is 0 Å². The van der Waals surface area contributed by atoms with E-state index >= 15 is 0 Å². The first-order valence-electron chi connectivity index (χ1n) is 10.3. The Labute approximate surface area is 179 Å². The number of aryl methyl sites for hydroxylation is 1. The quantitative estimate of drug-likeness (QED) is 0.152. The van der Waals surface area contributed by atoms with Gasteiger partial charge in [-0.3, -0.25) is 11.1 Å². The molecule has 0 bridgehead atoms. The zero-order chi connectivity index (χ0) is 22.6. The SMILES string of the molecule is CCC[C@H]1[C@H](OC(=O)c2ccc(C)cc2)C(O)(O)[C@]23NC(N)=N[C@H]2[C@H](CO)NC(N)=[N+]13. The number of aliphatic imine (C=N–C) groups is 1. The molecule has 1 spiro atoms. The van der Waals surface area contributed by atoms with Gasteiger partial charge in [0.2, 0.25) is 5.66 Å². The van der Waals surface area contributed by atoms with Crippen LogP contribution in [0.5, 0.6) is 0 Å². The van der Waals surface area contributed by atoms with Crippen LogP contribution in [0, 0.1) is 6.92 Å². The van der Waals surface area contributed by atoms with Crippen LogP contribution in [0.1, 0.15) is 35.7 Å². The third-order valence-electron chi connectivity index (χ3n) is 6.32. The predicted molar refractivity (Wildman–Crippen MR) is 111 cm³/mol. The van der Waals surface area contributed by atoms with Gasteiger partial charge in [-0.2, -0.15) is 0 Å². The lowest BCUT2D eigenvalue weighted by Crippen LogP contribution is -2.78. The smallest absolute Gasteiger partial charge is 0.346 e. The highest BCUT2D eigenvalue weighted by molar-refractivity contribution is 5.89. The van der Waals surface area contributed by atoms with E-state index in [-0.39, 0.29) is 24.1 Å². The first-order valence-corrected chi connectivity index (χ1v) is 10.3. The van der Waals surface area contributed by atoms with Gasteiger partial charge in [-0.15, -0.1) is 0 Å². The van der Waals surface area contributed by atoms with Gasteiger partial charge in [0.1, 0.15) is 12.1 Å². The van der Waals surface area contributed by atoms with E-state index in [0.717, 1.165) is 5.56 Å². The van der Waals surface area contributed by atoms with Crippen molar-refractivity contribution in [1.29, 1.82) is 0 Å². The minimum Gasteiger partial charge on any atom is -0.449 e. The number of esters is 1. The molecule has 0 aliphatic carbocycles. The van der Waals surface area contributed by atoms with Gasteiger partial charge >= 0.3 is 11.9 Å². The van der Waals surface area contributed by atoms with Crippen molar-refractivity contribution in [3.05, 3.63) is 35.4 Å². The number of carbonyl (C=O) groups is 1. The Morgan fingerprint density at radius 3 is 2.58 bits per heavy atom. The first-order chi connectivity index (χ1) is 14.7. The molecule has 0 radical (unpaired) electrons. The highest BCUT2D eigenvalue weighted by Gasteiger charge is 2.78. The van der Waals surface area contributed by atoms with Crippen LogP contribution in [0.2, 0.25) is 0 Å². The fourth-order valence-corrected chi connectivity index (χ4v) is 4.96. The molecule has 3 heterocycles. The monoisotopic (exact) mass is 433 g/mol. The molecule has 11 nitrogen and oxygen atoms in total. The third-order valence-corrected chi connectivity index (χ3v) is 6.32. The summed E-state index contributed by atoms with van der Waals surface area (Å²) in [6, 6.07) is 4.46. The maximum atomic E-state index is 12.9. The van der Waals surface area contributed by atoms with Crippen LogP contribution >= 0.6 is 0 Å². The summed E-state index contributed by atoms with van der Waals surface area (Å²) in [6.07, 6.45) is -0.268. The van der Waals surface area contributed by atoms with Gasteiger partial charge in [0, 0.05) is 0 Å². The molecular weight excluding hydrogens is 404 g/mol. The van der Waals surface area contributed by atoms with Crippen LogP contribution in [0.15, 0.2) is 29.3 Å². The van der Waals surface area contributed by atoms with E-state index in [1.54, 1.807) is 28.8 Å². The number of hydrogen-bond donors (Lipinski definition) is 7. The average Bonchev–Trinajstić information content (AvgIpc) is 3.16. The number of hydrogen-bond acceptors (Lipinski definition) is 10. The zero-order valence-electron chi connectivity index (χ0n) is 17.4. The maximum Gasteiger partial charge on any atom is 0.346 e. The summed E-state index contributed by atoms with van der Waals surface area (Å²) in [4.78, 5) is 17.2. The van der Waals surface area contributed by atoms with Crippen molar-refractivity contribution in [1.82, 2.24) is 10.6 Å². The fraction of sp³-hybridized carbons (Fsp3) is 0.550. The van der Waals surface area contributed by atoms with Crippen LogP contribution in [0.25, 0.3) is 0 Å². The Bertz CT molecular complexity index is 946. The van der Waals surface area contributed by atoms with E-state index in [1.807, 2.05) is 13.8 Å². The van der Waals surface area contributed by atoms with Crippen molar-refractivity contribution in [3.63, 3.8) is 0 Å². The van der Waals surface area contributed by atoms with E-state index in [0.29, 0.717) is 12.8 Å². The van der Waals surface area contributed by atoms with Crippen LogP contribution < -0.4 is 22.1 Å². The lowest BCUT2D eigenvalue weighted by molar-refractivity contribution is -0.650. The number of nitrogens with zero attached hydrogens (tertiary/aromatic N) is 2. The van der Waals surface area contributed by atoms with Crippen LogP contribution in [0.3, 0.4) is 0 Å². The number of aliphatic hydroxyl groups excluding tert-OH is 1. The van der Waals surface area contributed by atoms with E-state index in [1.165, 1.54) is 0 Å². The number of ether oxygens (including phenoxy) is 1. The molecule has 1 fully saturated rings. The fourth-order valence-electron chi connectivity index (χ4n) is 4.96. The molecule has 1 saturated heterocycles. The summed E-state index contributed by atoms with van der Waals surface area (Å²) in [5.41, 5.74) is 11.7. The number of aliphatic hydroxyl groups is 3. The second-order valence-corrected chi connectivity index (χ2v) is 8.31. The van der Waals surface area contributed by atoms with Crippen molar-refractivity contribution in [2.45, 2.75) is 62.4 Å². The molecule has 0 amide bonds. The number of rotatable bonds is 5. The number of guanidine groups is 2. The van der Waals surface area contributed by atoms with Gasteiger partial charge in [0.05, 0.1) is 12.2 Å². The molecule has 3 aliphatic rings. The molecule has 1 aromatic rings.